The number of aromatic nitrogens is 4. The minimum atomic E-state index is 0.784. The van der Waals surface area contributed by atoms with Gasteiger partial charge in [0.05, 0.1) is 16.8 Å². The maximum atomic E-state index is 6.22. The highest BCUT2D eigenvalue weighted by Crippen LogP contribution is 2.31. The van der Waals surface area contributed by atoms with Gasteiger partial charge in [0.1, 0.15) is 16.5 Å². The van der Waals surface area contributed by atoms with Gasteiger partial charge in [0.15, 0.2) is 5.82 Å². The van der Waals surface area contributed by atoms with Gasteiger partial charge in [0.2, 0.25) is 0 Å². The lowest BCUT2D eigenvalue weighted by molar-refractivity contribution is 0.620. The van der Waals surface area contributed by atoms with Gasteiger partial charge < -0.3 is 15.5 Å². The molecule has 25 heavy (non-hydrogen) atoms. The molecule has 0 radical (unpaired) electrons. The van der Waals surface area contributed by atoms with Crippen LogP contribution in [0.25, 0.3) is 10.2 Å². The molecule has 1 aliphatic rings. The number of aryl methyl sites for hydroxylation is 3. The van der Waals surface area contributed by atoms with Gasteiger partial charge in [-0.3, -0.25) is 4.68 Å². The summed E-state index contributed by atoms with van der Waals surface area (Å²) < 4.78 is 1.89. The van der Waals surface area contributed by atoms with E-state index in [2.05, 4.69) is 38.3 Å². The molecule has 4 heterocycles. The fraction of sp³-hybridized carbons (Fsp3) is 0.471. The number of hydrogen-bond donors (Lipinski definition) is 1. The third kappa shape index (κ3) is 2.70. The molecule has 0 bridgehead atoms. The zero-order valence-corrected chi connectivity index (χ0v) is 15.7. The number of thiophene rings is 1. The number of rotatable bonds is 3. The Labute approximate surface area is 151 Å². The molecule has 1 aliphatic heterocycles. The highest BCUT2D eigenvalue weighted by atomic mass is 32.1. The van der Waals surface area contributed by atoms with Crippen LogP contribution in [0.1, 0.15) is 18.4 Å². The van der Waals surface area contributed by atoms with Crippen molar-refractivity contribution in [2.45, 2.75) is 20.3 Å². The van der Waals surface area contributed by atoms with Crippen LogP contribution >= 0.6 is 11.3 Å². The van der Waals surface area contributed by atoms with Crippen LogP contribution in [0.2, 0.25) is 0 Å². The molecule has 0 unspecified atom stereocenters. The van der Waals surface area contributed by atoms with Crippen molar-refractivity contribution < 1.29 is 0 Å². The van der Waals surface area contributed by atoms with Crippen LogP contribution in [0.4, 0.5) is 17.3 Å². The molecular formula is C17H23N7S. The second kappa shape index (κ2) is 6.18. The van der Waals surface area contributed by atoms with Crippen LogP contribution in [0, 0.1) is 6.92 Å². The average molecular weight is 357 g/mol. The SMILES string of the molecule is CCc1nc(N2CCN(c3c(N)c(C)nn3C)CC2)c2ccsc2n1. The third-order valence-electron chi connectivity index (χ3n) is 4.78. The second-order valence-corrected chi connectivity index (χ2v) is 7.27. The van der Waals surface area contributed by atoms with E-state index >= 15 is 0 Å². The Bertz CT molecular complexity index is 905. The number of anilines is 3. The van der Waals surface area contributed by atoms with E-state index in [-0.39, 0.29) is 0 Å². The molecule has 0 aromatic carbocycles. The van der Waals surface area contributed by atoms with Crippen molar-refractivity contribution in [2.24, 2.45) is 7.05 Å². The maximum Gasteiger partial charge on any atom is 0.150 e. The maximum absolute atomic E-state index is 6.22. The number of nitrogens with two attached hydrogens (primary N) is 1. The molecule has 132 valence electrons. The number of nitrogens with zero attached hydrogens (tertiary/aromatic N) is 6. The van der Waals surface area contributed by atoms with Crippen LogP contribution in [0.3, 0.4) is 0 Å². The monoisotopic (exact) mass is 357 g/mol. The van der Waals surface area contributed by atoms with Gasteiger partial charge >= 0.3 is 0 Å². The van der Waals surface area contributed by atoms with E-state index in [0.717, 1.165) is 71.7 Å². The zero-order chi connectivity index (χ0) is 17.6. The second-order valence-electron chi connectivity index (χ2n) is 6.38. The molecule has 3 aromatic heterocycles. The predicted molar refractivity (Wildman–Crippen MR) is 104 cm³/mol. The Morgan fingerprint density at radius 3 is 2.52 bits per heavy atom. The van der Waals surface area contributed by atoms with Crippen LogP contribution < -0.4 is 15.5 Å². The first kappa shape index (κ1) is 16.1. The van der Waals surface area contributed by atoms with E-state index in [1.165, 1.54) is 0 Å². The number of hydrogen-bond acceptors (Lipinski definition) is 7. The molecule has 0 atom stereocenters. The standard InChI is InChI=1S/C17H23N7S/c1-4-13-19-15(12-5-10-25-16(12)20-13)23-6-8-24(9-7-23)17-14(18)11(2)21-22(17)3/h5,10H,4,6-9,18H2,1-3H3. The lowest BCUT2D eigenvalue weighted by Crippen LogP contribution is -2.47. The van der Waals surface area contributed by atoms with Crippen molar-refractivity contribution >= 4 is 38.9 Å². The molecule has 0 amide bonds. The van der Waals surface area contributed by atoms with Crippen LogP contribution in [0.5, 0.6) is 0 Å². The molecule has 8 heteroatoms. The molecular weight excluding hydrogens is 334 g/mol. The van der Waals surface area contributed by atoms with Gasteiger partial charge in [0, 0.05) is 39.6 Å². The fourth-order valence-corrected chi connectivity index (χ4v) is 4.23. The minimum absolute atomic E-state index is 0.784. The highest BCUT2D eigenvalue weighted by Gasteiger charge is 2.24. The molecule has 1 fully saturated rings. The summed E-state index contributed by atoms with van der Waals surface area (Å²) in [5, 5.41) is 7.69. The summed E-state index contributed by atoms with van der Waals surface area (Å²) in [6.45, 7) is 7.68. The minimum Gasteiger partial charge on any atom is -0.394 e. The quantitative estimate of drug-likeness (QED) is 0.774. The lowest BCUT2D eigenvalue weighted by atomic mass is 10.2. The number of nitrogen functional groups attached to an aromatic ring is 1. The lowest BCUT2D eigenvalue weighted by Gasteiger charge is -2.37. The fourth-order valence-electron chi connectivity index (χ4n) is 3.45. The summed E-state index contributed by atoms with van der Waals surface area (Å²) >= 11 is 1.68. The third-order valence-corrected chi connectivity index (χ3v) is 5.59. The van der Waals surface area contributed by atoms with Crippen LogP contribution in [-0.2, 0) is 13.5 Å². The smallest absolute Gasteiger partial charge is 0.150 e. The van der Waals surface area contributed by atoms with Gasteiger partial charge in [-0.15, -0.1) is 11.3 Å². The van der Waals surface area contributed by atoms with Crippen molar-refractivity contribution in [2.75, 3.05) is 41.7 Å². The predicted octanol–water partition coefficient (Wildman–Crippen LogP) is 2.20. The molecule has 0 spiro atoms. The molecule has 7 nitrogen and oxygen atoms in total. The Morgan fingerprint density at radius 1 is 1.16 bits per heavy atom. The van der Waals surface area contributed by atoms with E-state index in [0.29, 0.717) is 0 Å². The molecule has 0 saturated carbocycles. The molecule has 0 aliphatic carbocycles. The summed E-state index contributed by atoms with van der Waals surface area (Å²) in [4.78, 5) is 15.2. The van der Waals surface area contributed by atoms with Gasteiger partial charge in [-0.1, -0.05) is 6.92 Å². The summed E-state index contributed by atoms with van der Waals surface area (Å²) in [6, 6.07) is 2.13. The highest BCUT2D eigenvalue weighted by molar-refractivity contribution is 7.16. The van der Waals surface area contributed by atoms with E-state index in [1.807, 2.05) is 18.7 Å². The Hall–Kier alpha value is -2.35. The molecule has 3 aromatic rings. The van der Waals surface area contributed by atoms with Crippen molar-refractivity contribution in [1.82, 2.24) is 19.7 Å². The van der Waals surface area contributed by atoms with E-state index in [4.69, 9.17) is 10.7 Å². The first-order valence-corrected chi connectivity index (χ1v) is 9.49. The van der Waals surface area contributed by atoms with Gasteiger partial charge in [-0.2, -0.15) is 5.10 Å². The number of piperazine rings is 1. The van der Waals surface area contributed by atoms with E-state index in [1.54, 1.807) is 11.3 Å². The summed E-state index contributed by atoms with van der Waals surface area (Å²) in [5.41, 5.74) is 7.90. The van der Waals surface area contributed by atoms with Crippen LogP contribution in [0.15, 0.2) is 11.4 Å². The Kier molecular flexibility index (Phi) is 3.99. The van der Waals surface area contributed by atoms with Crippen molar-refractivity contribution in [1.29, 1.82) is 0 Å². The molecule has 4 rings (SSSR count). The first-order valence-electron chi connectivity index (χ1n) is 8.61. The summed E-state index contributed by atoms with van der Waals surface area (Å²) in [5.74, 6) is 3.01. The Morgan fingerprint density at radius 2 is 1.88 bits per heavy atom. The van der Waals surface area contributed by atoms with Crippen molar-refractivity contribution in [3.8, 4) is 0 Å². The Balaban J connectivity index is 1.59. The first-order chi connectivity index (χ1) is 12.1. The zero-order valence-electron chi connectivity index (χ0n) is 14.9. The summed E-state index contributed by atoms with van der Waals surface area (Å²) in [7, 11) is 1.96. The van der Waals surface area contributed by atoms with Crippen molar-refractivity contribution in [3.63, 3.8) is 0 Å². The summed E-state index contributed by atoms with van der Waals surface area (Å²) in [6.07, 6.45) is 0.853. The average Bonchev–Trinajstić information content (AvgIpc) is 3.19. The van der Waals surface area contributed by atoms with Gasteiger partial charge in [-0.25, -0.2) is 9.97 Å². The van der Waals surface area contributed by atoms with E-state index in [9.17, 15) is 0 Å². The largest absolute Gasteiger partial charge is 0.394 e. The normalized spacial score (nSPS) is 15.3. The molecule has 2 N–H and O–H groups in total. The van der Waals surface area contributed by atoms with Gasteiger partial charge in [0.25, 0.3) is 0 Å². The van der Waals surface area contributed by atoms with Gasteiger partial charge in [-0.05, 0) is 18.4 Å². The number of fused-ring (bicyclic) bond motifs is 1. The van der Waals surface area contributed by atoms with Crippen LogP contribution in [-0.4, -0.2) is 45.9 Å². The molecule has 1 saturated heterocycles. The topological polar surface area (TPSA) is 76.1 Å². The van der Waals surface area contributed by atoms with Crippen molar-refractivity contribution in [3.05, 3.63) is 23.0 Å². The van der Waals surface area contributed by atoms with E-state index < -0.39 is 0 Å².